The van der Waals surface area contributed by atoms with E-state index in [9.17, 15) is 4.79 Å². The number of rotatable bonds is 3. The molecular weight excluding hydrogens is 112 g/mol. The SMILES string of the molecule is C=CC[C@]1(C=O)C[C@@H]1C. The van der Waals surface area contributed by atoms with Gasteiger partial charge in [0.1, 0.15) is 6.29 Å². The number of aldehydes is 1. The van der Waals surface area contributed by atoms with Crippen molar-refractivity contribution < 1.29 is 4.79 Å². The summed E-state index contributed by atoms with van der Waals surface area (Å²) in [5, 5.41) is 0. The van der Waals surface area contributed by atoms with E-state index in [1.54, 1.807) is 0 Å². The third-order valence-electron chi connectivity index (χ3n) is 2.27. The molecule has 1 nitrogen and oxygen atoms in total. The molecule has 0 saturated heterocycles. The Morgan fingerprint density at radius 2 is 2.44 bits per heavy atom. The Morgan fingerprint density at radius 3 is 2.56 bits per heavy atom. The zero-order valence-electron chi connectivity index (χ0n) is 5.76. The van der Waals surface area contributed by atoms with Gasteiger partial charge in [0.05, 0.1) is 0 Å². The average molecular weight is 124 g/mol. The van der Waals surface area contributed by atoms with Crippen LogP contribution in [-0.2, 0) is 4.79 Å². The Kier molecular flexibility index (Phi) is 1.43. The highest BCUT2D eigenvalue weighted by Crippen LogP contribution is 2.53. The van der Waals surface area contributed by atoms with Gasteiger partial charge < -0.3 is 4.79 Å². The van der Waals surface area contributed by atoms with E-state index < -0.39 is 0 Å². The lowest BCUT2D eigenvalue weighted by Gasteiger charge is -2.00. The second-order valence-electron chi connectivity index (χ2n) is 2.95. The monoisotopic (exact) mass is 124 g/mol. The fraction of sp³-hybridized carbons (Fsp3) is 0.625. The van der Waals surface area contributed by atoms with Gasteiger partial charge in [0, 0.05) is 5.41 Å². The number of hydrogen-bond acceptors (Lipinski definition) is 1. The van der Waals surface area contributed by atoms with Crippen LogP contribution in [0.5, 0.6) is 0 Å². The Balaban J connectivity index is 2.51. The molecule has 0 heterocycles. The topological polar surface area (TPSA) is 17.1 Å². The zero-order chi connectivity index (χ0) is 6.91. The number of carbonyl (C=O) groups is 1. The molecular formula is C8H12O. The smallest absolute Gasteiger partial charge is 0.126 e. The standard InChI is InChI=1S/C8H12O/c1-3-4-8(6-9)5-7(8)2/h3,6-7H,1,4-5H2,2H3/t7-,8+/m0/s1. The van der Waals surface area contributed by atoms with Crippen LogP contribution in [0, 0.1) is 11.3 Å². The Bertz CT molecular complexity index is 140. The van der Waals surface area contributed by atoms with Gasteiger partial charge in [-0.15, -0.1) is 6.58 Å². The highest BCUT2D eigenvalue weighted by Gasteiger charge is 2.49. The van der Waals surface area contributed by atoms with Crippen molar-refractivity contribution in [3.8, 4) is 0 Å². The molecule has 0 aromatic rings. The minimum Gasteiger partial charge on any atom is -0.303 e. The summed E-state index contributed by atoms with van der Waals surface area (Å²) in [6.45, 7) is 5.72. The van der Waals surface area contributed by atoms with Crippen molar-refractivity contribution in [2.75, 3.05) is 0 Å². The van der Waals surface area contributed by atoms with E-state index in [1.807, 2.05) is 6.08 Å². The van der Waals surface area contributed by atoms with Crippen LogP contribution in [0.1, 0.15) is 19.8 Å². The first kappa shape index (κ1) is 6.53. The molecule has 9 heavy (non-hydrogen) atoms. The molecule has 1 heteroatoms. The van der Waals surface area contributed by atoms with Crippen molar-refractivity contribution in [1.82, 2.24) is 0 Å². The number of carbonyl (C=O) groups excluding carboxylic acids is 1. The summed E-state index contributed by atoms with van der Waals surface area (Å²) in [7, 11) is 0. The van der Waals surface area contributed by atoms with Crippen LogP contribution in [0.3, 0.4) is 0 Å². The predicted molar refractivity (Wildman–Crippen MR) is 37.1 cm³/mol. The fourth-order valence-corrected chi connectivity index (χ4v) is 1.28. The lowest BCUT2D eigenvalue weighted by atomic mass is 10.0. The van der Waals surface area contributed by atoms with Crippen molar-refractivity contribution >= 4 is 6.29 Å². The first-order chi connectivity index (χ1) is 4.25. The molecule has 50 valence electrons. The van der Waals surface area contributed by atoms with Gasteiger partial charge in [0.2, 0.25) is 0 Å². The molecule has 0 radical (unpaired) electrons. The second-order valence-corrected chi connectivity index (χ2v) is 2.95. The van der Waals surface area contributed by atoms with Gasteiger partial charge in [0.15, 0.2) is 0 Å². The molecule has 0 aromatic heterocycles. The highest BCUT2D eigenvalue weighted by atomic mass is 16.1. The summed E-state index contributed by atoms with van der Waals surface area (Å²) in [5.74, 6) is 0.591. The largest absolute Gasteiger partial charge is 0.303 e. The second kappa shape index (κ2) is 1.98. The van der Waals surface area contributed by atoms with Gasteiger partial charge in [-0.1, -0.05) is 13.0 Å². The van der Waals surface area contributed by atoms with E-state index in [0.29, 0.717) is 5.92 Å². The van der Waals surface area contributed by atoms with Crippen LogP contribution in [0.2, 0.25) is 0 Å². The third-order valence-corrected chi connectivity index (χ3v) is 2.27. The van der Waals surface area contributed by atoms with E-state index in [4.69, 9.17) is 0 Å². The Morgan fingerprint density at radius 1 is 1.89 bits per heavy atom. The van der Waals surface area contributed by atoms with Gasteiger partial charge >= 0.3 is 0 Å². The Labute approximate surface area is 55.8 Å². The first-order valence-electron chi connectivity index (χ1n) is 3.32. The van der Waals surface area contributed by atoms with Gasteiger partial charge in [0.25, 0.3) is 0 Å². The fourth-order valence-electron chi connectivity index (χ4n) is 1.28. The molecule has 1 aliphatic rings. The minimum absolute atomic E-state index is 0.00174. The highest BCUT2D eigenvalue weighted by molar-refractivity contribution is 5.64. The molecule has 0 N–H and O–H groups in total. The average Bonchev–Trinajstić information content (AvgIpc) is 2.45. The maximum Gasteiger partial charge on any atom is 0.126 e. The first-order valence-corrected chi connectivity index (χ1v) is 3.32. The lowest BCUT2D eigenvalue weighted by molar-refractivity contribution is -0.112. The summed E-state index contributed by atoms with van der Waals surface area (Å²) >= 11 is 0. The molecule has 1 fully saturated rings. The normalized spacial score (nSPS) is 39.9. The van der Waals surface area contributed by atoms with E-state index in [-0.39, 0.29) is 5.41 Å². The predicted octanol–water partition coefficient (Wildman–Crippen LogP) is 1.79. The summed E-state index contributed by atoms with van der Waals surface area (Å²) in [5.41, 5.74) is 0.00174. The summed E-state index contributed by atoms with van der Waals surface area (Å²) in [6.07, 6.45) is 4.83. The van der Waals surface area contributed by atoms with Crippen LogP contribution < -0.4 is 0 Å². The van der Waals surface area contributed by atoms with Crippen molar-refractivity contribution in [2.24, 2.45) is 11.3 Å². The molecule has 1 rings (SSSR count). The molecule has 0 amide bonds. The summed E-state index contributed by atoms with van der Waals surface area (Å²) in [4.78, 5) is 10.4. The zero-order valence-corrected chi connectivity index (χ0v) is 5.76. The summed E-state index contributed by atoms with van der Waals surface area (Å²) in [6, 6.07) is 0. The Hall–Kier alpha value is -0.590. The quantitative estimate of drug-likeness (QED) is 0.414. The molecule has 1 saturated carbocycles. The molecule has 0 aliphatic heterocycles. The van der Waals surface area contributed by atoms with Crippen LogP contribution in [-0.4, -0.2) is 6.29 Å². The van der Waals surface area contributed by atoms with Crippen molar-refractivity contribution in [2.45, 2.75) is 19.8 Å². The van der Waals surface area contributed by atoms with E-state index in [2.05, 4.69) is 13.5 Å². The lowest BCUT2D eigenvalue weighted by Crippen LogP contribution is -2.01. The molecule has 1 aliphatic carbocycles. The van der Waals surface area contributed by atoms with Crippen LogP contribution in [0.4, 0.5) is 0 Å². The summed E-state index contributed by atoms with van der Waals surface area (Å²) < 4.78 is 0. The van der Waals surface area contributed by atoms with Gasteiger partial charge in [-0.2, -0.15) is 0 Å². The van der Waals surface area contributed by atoms with Gasteiger partial charge in [-0.25, -0.2) is 0 Å². The molecule has 0 spiro atoms. The van der Waals surface area contributed by atoms with Gasteiger partial charge in [-0.05, 0) is 18.8 Å². The number of allylic oxidation sites excluding steroid dienone is 1. The number of hydrogen-bond donors (Lipinski definition) is 0. The van der Waals surface area contributed by atoms with Crippen LogP contribution in [0.15, 0.2) is 12.7 Å². The molecule has 0 unspecified atom stereocenters. The third kappa shape index (κ3) is 0.913. The van der Waals surface area contributed by atoms with E-state index >= 15 is 0 Å². The molecule has 0 aromatic carbocycles. The maximum atomic E-state index is 10.4. The van der Waals surface area contributed by atoms with E-state index in [1.165, 1.54) is 0 Å². The van der Waals surface area contributed by atoms with Crippen molar-refractivity contribution in [3.63, 3.8) is 0 Å². The molecule has 0 bridgehead atoms. The molecule has 2 atom stereocenters. The van der Waals surface area contributed by atoms with Crippen molar-refractivity contribution in [1.29, 1.82) is 0 Å². The van der Waals surface area contributed by atoms with Crippen LogP contribution in [0.25, 0.3) is 0 Å². The van der Waals surface area contributed by atoms with Gasteiger partial charge in [-0.3, -0.25) is 0 Å². The minimum atomic E-state index is 0.00174. The van der Waals surface area contributed by atoms with Crippen LogP contribution >= 0.6 is 0 Å². The maximum absolute atomic E-state index is 10.4. The van der Waals surface area contributed by atoms with Crippen molar-refractivity contribution in [3.05, 3.63) is 12.7 Å². The van der Waals surface area contributed by atoms with E-state index in [0.717, 1.165) is 19.1 Å².